The highest BCUT2D eigenvalue weighted by Crippen LogP contribution is 2.22. The molecule has 0 aliphatic carbocycles. The van der Waals surface area contributed by atoms with Crippen LogP contribution in [0.2, 0.25) is 0 Å². The first-order valence-corrected chi connectivity index (χ1v) is 6.86. The van der Waals surface area contributed by atoms with Gasteiger partial charge in [-0.05, 0) is 36.3 Å². The summed E-state index contributed by atoms with van der Waals surface area (Å²) in [5.41, 5.74) is 2.83. The molecule has 20 heavy (non-hydrogen) atoms. The number of nitrogens with zero attached hydrogens (tertiary/aromatic N) is 3. The summed E-state index contributed by atoms with van der Waals surface area (Å²) < 4.78 is 2.44. The van der Waals surface area contributed by atoms with Gasteiger partial charge in [0.25, 0.3) is 0 Å². The van der Waals surface area contributed by atoms with Crippen LogP contribution in [0.4, 0.5) is 0 Å². The molecule has 0 saturated carbocycles. The Kier molecular flexibility index (Phi) is 3.23. The first kappa shape index (κ1) is 12.8. The van der Waals surface area contributed by atoms with E-state index in [1.807, 2.05) is 41.0 Å². The van der Waals surface area contributed by atoms with Gasteiger partial charge in [0.05, 0.1) is 5.69 Å². The fourth-order valence-corrected chi connectivity index (χ4v) is 2.27. The number of para-hydroxylation sites is 1. The molecular formula is C14H15N5S. The van der Waals surface area contributed by atoms with Crippen LogP contribution in [0.3, 0.4) is 0 Å². The minimum Gasteiger partial charge on any atom is -0.282 e. The molecule has 0 atom stereocenters. The number of nitrogens with one attached hydrogen (secondary N) is 2. The predicted molar refractivity (Wildman–Crippen MR) is 80.4 cm³/mol. The van der Waals surface area contributed by atoms with Crippen LogP contribution in [0.5, 0.6) is 0 Å². The number of aromatic amines is 2. The Bertz CT molecular complexity index is 766. The third-order valence-corrected chi connectivity index (χ3v) is 3.41. The molecule has 0 fully saturated rings. The number of benzene rings is 1. The van der Waals surface area contributed by atoms with Crippen molar-refractivity contribution >= 4 is 12.2 Å². The summed E-state index contributed by atoms with van der Waals surface area (Å²) in [5, 5.41) is 14.5. The van der Waals surface area contributed by atoms with Gasteiger partial charge in [-0.2, -0.15) is 10.2 Å². The van der Waals surface area contributed by atoms with E-state index in [1.54, 1.807) is 0 Å². The van der Waals surface area contributed by atoms with Crippen molar-refractivity contribution in [2.24, 2.45) is 0 Å². The largest absolute Gasteiger partial charge is 0.282 e. The lowest BCUT2D eigenvalue weighted by Gasteiger charge is -2.04. The maximum absolute atomic E-state index is 5.32. The zero-order valence-electron chi connectivity index (χ0n) is 11.3. The van der Waals surface area contributed by atoms with Crippen LogP contribution in [0.15, 0.2) is 36.4 Å². The van der Waals surface area contributed by atoms with Gasteiger partial charge in [0.2, 0.25) is 0 Å². The molecule has 0 aliphatic rings. The third-order valence-electron chi connectivity index (χ3n) is 3.14. The molecule has 102 valence electrons. The molecule has 2 N–H and O–H groups in total. The smallest absolute Gasteiger partial charge is 0.200 e. The van der Waals surface area contributed by atoms with Crippen molar-refractivity contribution in [1.82, 2.24) is 25.0 Å². The second-order valence-electron chi connectivity index (χ2n) is 4.89. The average molecular weight is 285 g/mol. The monoisotopic (exact) mass is 285 g/mol. The summed E-state index contributed by atoms with van der Waals surface area (Å²) in [4.78, 5) is 0. The quantitative estimate of drug-likeness (QED) is 0.725. The Morgan fingerprint density at radius 3 is 2.50 bits per heavy atom. The standard InChI is InChI=1S/C14H15N5S/c1-9(2)11-8-12(16-15-11)13-17-18-14(20)19(13)10-6-4-3-5-7-10/h3-9H,1-2H3,(H,15,16)(H,18,20). The number of hydrogen-bond donors (Lipinski definition) is 2. The van der Waals surface area contributed by atoms with Crippen molar-refractivity contribution in [1.29, 1.82) is 0 Å². The van der Waals surface area contributed by atoms with Crippen LogP contribution in [0.25, 0.3) is 17.2 Å². The lowest BCUT2D eigenvalue weighted by Crippen LogP contribution is -1.97. The summed E-state index contributed by atoms with van der Waals surface area (Å²) in [6.07, 6.45) is 0. The summed E-state index contributed by atoms with van der Waals surface area (Å²) in [7, 11) is 0. The van der Waals surface area contributed by atoms with Crippen molar-refractivity contribution in [3.63, 3.8) is 0 Å². The second-order valence-corrected chi connectivity index (χ2v) is 5.27. The molecule has 0 unspecified atom stereocenters. The van der Waals surface area contributed by atoms with E-state index in [9.17, 15) is 0 Å². The zero-order valence-corrected chi connectivity index (χ0v) is 12.1. The molecule has 3 rings (SSSR count). The molecule has 6 heteroatoms. The van der Waals surface area contributed by atoms with Gasteiger partial charge >= 0.3 is 0 Å². The molecule has 0 amide bonds. The van der Waals surface area contributed by atoms with E-state index in [4.69, 9.17) is 12.2 Å². The molecule has 2 aromatic heterocycles. The zero-order chi connectivity index (χ0) is 14.1. The van der Waals surface area contributed by atoms with Crippen LogP contribution < -0.4 is 0 Å². The van der Waals surface area contributed by atoms with Crippen LogP contribution in [-0.4, -0.2) is 25.0 Å². The average Bonchev–Trinajstić information content (AvgIpc) is 3.06. The van der Waals surface area contributed by atoms with Crippen LogP contribution in [0.1, 0.15) is 25.5 Å². The minimum atomic E-state index is 0.392. The molecule has 0 bridgehead atoms. The highest BCUT2D eigenvalue weighted by molar-refractivity contribution is 7.71. The SMILES string of the molecule is CC(C)c1cc(-c2n[nH]c(=S)n2-c2ccccc2)n[nH]1. The molecule has 2 heterocycles. The van der Waals surface area contributed by atoms with E-state index >= 15 is 0 Å². The van der Waals surface area contributed by atoms with E-state index < -0.39 is 0 Å². The molecule has 1 aromatic carbocycles. The highest BCUT2D eigenvalue weighted by atomic mass is 32.1. The van der Waals surface area contributed by atoms with Gasteiger partial charge in [0, 0.05) is 5.69 Å². The van der Waals surface area contributed by atoms with E-state index in [2.05, 4.69) is 34.2 Å². The van der Waals surface area contributed by atoms with Crippen molar-refractivity contribution in [3.8, 4) is 17.2 Å². The van der Waals surface area contributed by atoms with Crippen molar-refractivity contribution in [2.45, 2.75) is 19.8 Å². The van der Waals surface area contributed by atoms with Gasteiger partial charge in [-0.1, -0.05) is 32.0 Å². The third kappa shape index (κ3) is 2.18. The number of aromatic nitrogens is 5. The molecule has 3 aromatic rings. The molecule has 5 nitrogen and oxygen atoms in total. The normalized spacial score (nSPS) is 11.2. The van der Waals surface area contributed by atoms with Crippen molar-refractivity contribution in [2.75, 3.05) is 0 Å². The predicted octanol–water partition coefficient (Wildman–Crippen LogP) is 3.44. The fourth-order valence-electron chi connectivity index (χ4n) is 2.03. The second kappa shape index (κ2) is 5.05. The maximum atomic E-state index is 5.32. The van der Waals surface area contributed by atoms with E-state index in [-0.39, 0.29) is 0 Å². The summed E-state index contributed by atoms with van der Waals surface area (Å²) in [6, 6.07) is 11.9. The van der Waals surface area contributed by atoms with Gasteiger partial charge in [0.1, 0.15) is 5.69 Å². The highest BCUT2D eigenvalue weighted by Gasteiger charge is 2.14. The maximum Gasteiger partial charge on any atom is 0.200 e. The first-order chi connectivity index (χ1) is 9.66. The summed E-state index contributed by atoms with van der Waals surface area (Å²) >= 11 is 5.32. The van der Waals surface area contributed by atoms with Crippen LogP contribution in [0, 0.1) is 4.77 Å². The van der Waals surface area contributed by atoms with Crippen molar-refractivity contribution < 1.29 is 0 Å². The summed E-state index contributed by atoms with van der Waals surface area (Å²) in [6.45, 7) is 4.23. The first-order valence-electron chi connectivity index (χ1n) is 6.45. The molecular weight excluding hydrogens is 270 g/mol. The fraction of sp³-hybridized carbons (Fsp3) is 0.214. The van der Waals surface area contributed by atoms with Gasteiger partial charge < -0.3 is 0 Å². The van der Waals surface area contributed by atoms with E-state index in [0.29, 0.717) is 16.5 Å². The Labute approximate surface area is 121 Å². The van der Waals surface area contributed by atoms with E-state index in [1.165, 1.54) is 0 Å². The lowest BCUT2D eigenvalue weighted by atomic mass is 10.1. The molecule has 0 aliphatic heterocycles. The number of hydrogen-bond acceptors (Lipinski definition) is 3. The molecule has 0 radical (unpaired) electrons. The van der Waals surface area contributed by atoms with Gasteiger partial charge in [-0.25, -0.2) is 0 Å². The Morgan fingerprint density at radius 1 is 1.10 bits per heavy atom. The molecule has 0 spiro atoms. The van der Waals surface area contributed by atoms with Gasteiger partial charge in [-0.15, -0.1) is 0 Å². The van der Waals surface area contributed by atoms with Crippen molar-refractivity contribution in [3.05, 3.63) is 46.9 Å². The topological polar surface area (TPSA) is 62.3 Å². The van der Waals surface area contributed by atoms with Gasteiger partial charge in [0.15, 0.2) is 10.6 Å². The lowest BCUT2D eigenvalue weighted by molar-refractivity contribution is 0.810. The Hall–Kier alpha value is -2.21. The minimum absolute atomic E-state index is 0.392. The Morgan fingerprint density at radius 2 is 1.85 bits per heavy atom. The van der Waals surface area contributed by atoms with E-state index in [0.717, 1.165) is 17.1 Å². The van der Waals surface area contributed by atoms with Crippen LogP contribution in [-0.2, 0) is 0 Å². The van der Waals surface area contributed by atoms with Gasteiger partial charge in [-0.3, -0.25) is 14.8 Å². The summed E-state index contributed by atoms with van der Waals surface area (Å²) in [5.74, 6) is 1.10. The number of rotatable bonds is 3. The molecule has 0 saturated heterocycles. The van der Waals surface area contributed by atoms with Crippen LogP contribution >= 0.6 is 12.2 Å². The number of H-pyrrole nitrogens is 2. The Balaban J connectivity index is 2.13.